The van der Waals surface area contributed by atoms with Crippen molar-refractivity contribution in [1.82, 2.24) is 0 Å². The summed E-state index contributed by atoms with van der Waals surface area (Å²) in [6.07, 6.45) is -2.75. The zero-order valence-corrected chi connectivity index (χ0v) is 26.7. The first-order chi connectivity index (χ1) is 21.8. The second kappa shape index (κ2) is 13.3. The van der Waals surface area contributed by atoms with Crippen molar-refractivity contribution in [2.24, 2.45) is 16.2 Å². The van der Waals surface area contributed by atoms with Gasteiger partial charge in [0.2, 0.25) is 0 Å². The number of cyclic esters (lactones) is 4. The number of fused-ring (bicyclic) bond motifs is 2. The number of aliphatic hydroxyl groups is 2. The fourth-order valence-corrected chi connectivity index (χ4v) is 4.34. The summed E-state index contributed by atoms with van der Waals surface area (Å²) in [5.74, 6) is -4.83. The van der Waals surface area contributed by atoms with Gasteiger partial charge in [-0.05, 0) is 36.4 Å². The minimum Gasteiger partial charge on any atom is -0.461 e. The van der Waals surface area contributed by atoms with Crippen molar-refractivity contribution in [2.45, 2.75) is 54.1 Å². The molecule has 0 amide bonds. The molecule has 0 bridgehead atoms. The Bertz CT molecular complexity index is 1500. The van der Waals surface area contributed by atoms with Crippen molar-refractivity contribution >= 4 is 35.8 Å². The highest BCUT2D eigenvalue weighted by molar-refractivity contribution is 6.16. The van der Waals surface area contributed by atoms with Crippen LogP contribution in [-0.2, 0) is 28.4 Å². The molecule has 2 unspecified atom stereocenters. The first-order valence-corrected chi connectivity index (χ1v) is 14.6. The minimum atomic E-state index is -1.37. The first-order valence-electron chi connectivity index (χ1n) is 14.6. The molecule has 2 aromatic carbocycles. The van der Waals surface area contributed by atoms with Crippen LogP contribution in [0.2, 0.25) is 0 Å². The third-order valence-electron chi connectivity index (χ3n) is 7.51. The van der Waals surface area contributed by atoms with E-state index in [1.165, 1.54) is 36.4 Å². The Morgan fingerprint density at radius 3 is 1.30 bits per heavy atom. The van der Waals surface area contributed by atoms with Crippen LogP contribution in [0.25, 0.3) is 0 Å². The van der Waals surface area contributed by atoms with Crippen LogP contribution < -0.4 is 0 Å². The second-order valence-electron chi connectivity index (χ2n) is 13.5. The topological polar surface area (TPSA) is 198 Å². The lowest BCUT2D eigenvalue weighted by Gasteiger charge is -2.35. The normalized spacial score (nSPS) is 15.8. The molecule has 2 aliphatic rings. The minimum absolute atomic E-state index is 0.0160. The van der Waals surface area contributed by atoms with Gasteiger partial charge in [0.25, 0.3) is 0 Å². The van der Waals surface area contributed by atoms with Gasteiger partial charge < -0.3 is 38.6 Å². The van der Waals surface area contributed by atoms with Crippen LogP contribution in [-0.4, -0.2) is 85.0 Å². The average molecular weight is 657 g/mol. The van der Waals surface area contributed by atoms with E-state index in [0.717, 1.165) is 0 Å². The maximum Gasteiger partial charge on any atom is 0.346 e. The van der Waals surface area contributed by atoms with Gasteiger partial charge in [0.15, 0.2) is 12.6 Å². The number of carbonyl (C=O) groups is 6. The van der Waals surface area contributed by atoms with E-state index in [-0.39, 0.29) is 59.8 Å². The number of aliphatic hydroxyl groups excluding tert-OH is 2. The number of hydrogen-bond acceptors (Lipinski definition) is 14. The van der Waals surface area contributed by atoms with Crippen molar-refractivity contribution in [2.75, 3.05) is 26.4 Å². The van der Waals surface area contributed by atoms with Gasteiger partial charge in [-0.1, -0.05) is 41.5 Å². The van der Waals surface area contributed by atoms with E-state index in [1.807, 2.05) is 0 Å². The van der Waals surface area contributed by atoms with Crippen LogP contribution in [0, 0.1) is 16.2 Å². The Morgan fingerprint density at radius 2 is 0.936 bits per heavy atom. The van der Waals surface area contributed by atoms with Gasteiger partial charge in [-0.25, -0.2) is 28.8 Å². The third kappa shape index (κ3) is 8.08. The Labute approximate surface area is 269 Å². The van der Waals surface area contributed by atoms with Crippen LogP contribution in [0.15, 0.2) is 36.4 Å². The van der Waals surface area contributed by atoms with Crippen molar-refractivity contribution in [3.8, 4) is 0 Å². The number of ether oxygens (including phenoxy) is 6. The van der Waals surface area contributed by atoms with E-state index in [0.29, 0.717) is 0 Å². The molecule has 2 aromatic rings. The molecule has 0 radical (unpaired) electrons. The standard InChI is InChI=1S/C33H36O14/c1-31(2,13-44-29(40)32(3,4)15-42-23(34)17-7-9-19-21(11-17)27(38)46-25(19)36)14-45-30(41)33(5,6)16-43-24(35)18-8-10-20-22(12-18)28(39)47-26(20)37/h7-12,29-30,40-41H,13-16H2,1-6H3. The van der Waals surface area contributed by atoms with E-state index in [1.54, 1.807) is 41.5 Å². The third-order valence-corrected chi connectivity index (χ3v) is 7.51. The Kier molecular flexibility index (Phi) is 10.0. The van der Waals surface area contributed by atoms with Crippen LogP contribution in [0.4, 0.5) is 0 Å². The second-order valence-corrected chi connectivity index (χ2v) is 13.5. The molecule has 252 valence electrons. The highest BCUT2D eigenvalue weighted by atomic mass is 16.6. The van der Waals surface area contributed by atoms with Gasteiger partial charge >= 0.3 is 35.8 Å². The average Bonchev–Trinajstić information content (AvgIpc) is 3.47. The van der Waals surface area contributed by atoms with Crippen LogP contribution >= 0.6 is 0 Å². The first kappa shape index (κ1) is 35.4. The molecule has 14 nitrogen and oxygen atoms in total. The molecule has 0 spiro atoms. The van der Waals surface area contributed by atoms with Crippen molar-refractivity contribution < 1.29 is 67.4 Å². The Balaban J connectivity index is 1.22. The van der Waals surface area contributed by atoms with E-state index < -0.39 is 64.6 Å². The van der Waals surface area contributed by atoms with Crippen molar-refractivity contribution in [1.29, 1.82) is 0 Å². The molecule has 2 atom stereocenters. The summed E-state index contributed by atoms with van der Waals surface area (Å²) in [5, 5.41) is 21.4. The summed E-state index contributed by atoms with van der Waals surface area (Å²) >= 11 is 0. The molecule has 0 saturated carbocycles. The Morgan fingerprint density at radius 1 is 0.596 bits per heavy atom. The summed E-state index contributed by atoms with van der Waals surface area (Å²) in [7, 11) is 0. The summed E-state index contributed by atoms with van der Waals surface area (Å²) in [4.78, 5) is 72.0. The lowest BCUT2D eigenvalue weighted by Crippen LogP contribution is -2.41. The molecule has 0 aliphatic carbocycles. The lowest BCUT2D eigenvalue weighted by atomic mass is 9.92. The van der Waals surface area contributed by atoms with Crippen LogP contribution in [0.5, 0.6) is 0 Å². The van der Waals surface area contributed by atoms with Gasteiger partial charge in [0, 0.05) is 16.2 Å². The maximum atomic E-state index is 12.6. The zero-order valence-electron chi connectivity index (χ0n) is 26.7. The van der Waals surface area contributed by atoms with Gasteiger partial charge in [0.1, 0.15) is 13.2 Å². The lowest BCUT2D eigenvalue weighted by molar-refractivity contribution is -0.215. The predicted molar refractivity (Wildman–Crippen MR) is 158 cm³/mol. The molecular weight excluding hydrogens is 620 g/mol. The summed E-state index contributed by atoms with van der Waals surface area (Å²) < 4.78 is 31.1. The zero-order chi connectivity index (χ0) is 34.9. The van der Waals surface area contributed by atoms with Crippen molar-refractivity contribution in [3.05, 3.63) is 69.8 Å². The van der Waals surface area contributed by atoms with E-state index >= 15 is 0 Å². The predicted octanol–water partition coefficient (Wildman–Crippen LogP) is 3.07. The highest BCUT2D eigenvalue weighted by Crippen LogP contribution is 2.29. The smallest absolute Gasteiger partial charge is 0.346 e. The summed E-state index contributed by atoms with van der Waals surface area (Å²) in [6, 6.07) is 7.70. The Hall–Kier alpha value is -4.50. The number of benzene rings is 2. The van der Waals surface area contributed by atoms with E-state index in [4.69, 9.17) is 18.9 Å². The number of esters is 6. The van der Waals surface area contributed by atoms with Gasteiger partial charge in [-0.15, -0.1) is 0 Å². The highest BCUT2D eigenvalue weighted by Gasteiger charge is 2.36. The molecule has 0 aromatic heterocycles. The summed E-state index contributed by atoms with van der Waals surface area (Å²) in [6.45, 7) is 9.51. The molecule has 2 heterocycles. The maximum absolute atomic E-state index is 12.6. The fraction of sp³-hybridized carbons (Fsp3) is 0.455. The van der Waals surface area contributed by atoms with E-state index in [2.05, 4.69) is 9.47 Å². The SMILES string of the molecule is CC(C)(COC(O)C(C)(C)COC(=O)c1ccc2c(c1)C(=O)OC2=O)COC(O)C(C)(C)COC(=O)c1ccc2c(c1)C(=O)OC2=O. The monoisotopic (exact) mass is 656 g/mol. The molecule has 2 N–H and O–H groups in total. The number of rotatable bonds is 14. The van der Waals surface area contributed by atoms with Crippen LogP contribution in [0.3, 0.4) is 0 Å². The fourth-order valence-electron chi connectivity index (χ4n) is 4.34. The molecular formula is C33H36O14. The van der Waals surface area contributed by atoms with Gasteiger partial charge in [-0.3, -0.25) is 0 Å². The van der Waals surface area contributed by atoms with E-state index in [9.17, 15) is 39.0 Å². The van der Waals surface area contributed by atoms with Gasteiger partial charge in [-0.2, -0.15) is 0 Å². The number of hydrogen-bond donors (Lipinski definition) is 2. The molecule has 0 saturated heterocycles. The summed E-state index contributed by atoms with van der Waals surface area (Å²) in [5.41, 5.74) is -2.71. The van der Waals surface area contributed by atoms with Crippen LogP contribution in [0.1, 0.15) is 104 Å². The largest absolute Gasteiger partial charge is 0.461 e. The molecule has 0 fully saturated rings. The number of carbonyl (C=O) groups excluding carboxylic acids is 6. The quantitative estimate of drug-likeness (QED) is 0.130. The molecule has 4 rings (SSSR count). The molecule has 47 heavy (non-hydrogen) atoms. The van der Waals surface area contributed by atoms with Crippen molar-refractivity contribution in [3.63, 3.8) is 0 Å². The molecule has 2 aliphatic heterocycles. The molecule has 14 heteroatoms. The van der Waals surface area contributed by atoms with Gasteiger partial charge in [0.05, 0.1) is 46.6 Å².